The van der Waals surface area contributed by atoms with Gasteiger partial charge in [-0.1, -0.05) is 6.92 Å². The van der Waals surface area contributed by atoms with E-state index in [1.807, 2.05) is 0 Å². The number of hydrogen-bond donors (Lipinski definition) is 1. The summed E-state index contributed by atoms with van der Waals surface area (Å²) in [6.07, 6.45) is 8.14. The topological polar surface area (TPSA) is 30.5 Å². The Morgan fingerprint density at radius 1 is 1.47 bits per heavy atom. The van der Waals surface area contributed by atoms with E-state index in [4.69, 9.17) is 9.47 Å². The predicted octanol–water partition coefficient (Wildman–Crippen LogP) is 2.74. The summed E-state index contributed by atoms with van der Waals surface area (Å²) in [7, 11) is 1.80. The summed E-state index contributed by atoms with van der Waals surface area (Å²) < 4.78 is 11.1. The van der Waals surface area contributed by atoms with Crippen molar-refractivity contribution in [2.24, 2.45) is 0 Å². The lowest BCUT2D eigenvalue weighted by atomic mass is 10.0. The summed E-state index contributed by atoms with van der Waals surface area (Å²) in [6.45, 7) is 6.41. The molecule has 0 aromatic carbocycles. The predicted molar refractivity (Wildman–Crippen MR) is 71.4 cm³/mol. The summed E-state index contributed by atoms with van der Waals surface area (Å²) in [5.74, 6) is 0. The van der Waals surface area contributed by atoms with E-state index in [-0.39, 0.29) is 0 Å². The van der Waals surface area contributed by atoms with E-state index in [0.717, 1.165) is 13.2 Å². The van der Waals surface area contributed by atoms with E-state index >= 15 is 0 Å². The summed E-state index contributed by atoms with van der Waals surface area (Å²) in [4.78, 5) is 0. The lowest BCUT2D eigenvalue weighted by Crippen LogP contribution is -2.39. The van der Waals surface area contributed by atoms with E-state index in [0.29, 0.717) is 18.2 Å². The van der Waals surface area contributed by atoms with Gasteiger partial charge in [0.1, 0.15) is 0 Å². The van der Waals surface area contributed by atoms with Crippen LogP contribution in [0.15, 0.2) is 0 Å². The van der Waals surface area contributed by atoms with Crippen molar-refractivity contribution in [1.82, 2.24) is 5.32 Å². The van der Waals surface area contributed by atoms with E-state index in [1.165, 1.54) is 38.5 Å². The minimum atomic E-state index is 0.297. The van der Waals surface area contributed by atoms with E-state index in [1.54, 1.807) is 7.11 Å². The lowest BCUT2D eigenvalue weighted by Gasteiger charge is -2.24. The third-order valence-electron chi connectivity index (χ3n) is 3.66. The van der Waals surface area contributed by atoms with Crippen molar-refractivity contribution in [2.75, 3.05) is 20.3 Å². The second-order valence-corrected chi connectivity index (χ2v) is 5.07. The van der Waals surface area contributed by atoms with Gasteiger partial charge in [-0.05, 0) is 52.0 Å². The molecule has 1 N–H and O–H groups in total. The highest BCUT2D eigenvalue weighted by Gasteiger charge is 2.18. The third kappa shape index (κ3) is 5.84. The Labute approximate surface area is 106 Å². The maximum absolute atomic E-state index is 5.65. The van der Waals surface area contributed by atoms with Crippen molar-refractivity contribution < 1.29 is 9.47 Å². The maximum atomic E-state index is 5.65. The Hall–Kier alpha value is -0.120. The van der Waals surface area contributed by atoms with Crippen molar-refractivity contribution in [3.8, 4) is 0 Å². The van der Waals surface area contributed by atoms with Gasteiger partial charge in [0.2, 0.25) is 0 Å². The Balaban J connectivity index is 2.17. The highest BCUT2D eigenvalue weighted by atomic mass is 16.5. The van der Waals surface area contributed by atoms with E-state index in [2.05, 4.69) is 19.2 Å². The van der Waals surface area contributed by atoms with Gasteiger partial charge in [0, 0.05) is 19.8 Å². The quantitative estimate of drug-likeness (QED) is 0.675. The maximum Gasteiger partial charge on any atom is 0.0696 e. The first-order valence-corrected chi connectivity index (χ1v) is 7.15. The van der Waals surface area contributed by atoms with Crippen LogP contribution in [0.1, 0.15) is 52.4 Å². The normalized spacial score (nSPS) is 23.8. The van der Waals surface area contributed by atoms with Crippen LogP contribution in [0.3, 0.4) is 0 Å². The fourth-order valence-corrected chi connectivity index (χ4v) is 2.43. The fourth-order valence-electron chi connectivity index (χ4n) is 2.43. The van der Waals surface area contributed by atoms with Crippen LogP contribution < -0.4 is 5.32 Å². The van der Waals surface area contributed by atoms with Crippen LogP contribution in [0.25, 0.3) is 0 Å². The standard InChI is InChI=1S/C14H29NO2/c1-4-10-15-14(12(2)16-3)9-5-7-13-8-6-11-17-13/h12-15H,4-11H2,1-3H3. The average molecular weight is 243 g/mol. The molecule has 102 valence electrons. The van der Waals surface area contributed by atoms with Gasteiger partial charge >= 0.3 is 0 Å². The number of rotatable bonds is 9. The van der Waals surface area contributed by atoms with Crippen LogP contribution in [0.4, 0.5) is 0 Å². The van der Waals surface area contributed by atoms with Gasteiger partial charge in [0.05, 0.1) is 12.2 Å². The molecular formula is C14H29NO2. The zero-order valence-electron chi connectivity index (χ0n) is 11.7. The van der Waals surface area contributed by atoms with Gasteiger partial charge < -0.3 is 14.8 Å². The van der Waals surface area contributed by atoms with Crippen LogP contribution in [0.2, 0.25) is 0 Å². The molecule has 0 spiro atoms. The number of methoxy groups -OCH3 is 1. The molecule has 1 aliphatic rings. The largest absolute Gasteiger partial charge is 0.380 e. The van der Waals surface area contributed by atoms with Crippen LogP contribution in [-0.4, -0.2) is 38.5 Å². The van der Waals surface area contributed by atoms with Crippen LogP contribution in [-0.2, 0) is 9.47 Å². The van der Waals surface area contributed by atoms with Gasteiger partial charge in [-0.3, -0.25) is 0 Å². The first-order valence-electron chi connectivity index (χ1n) is 7.15. The highest BCUT2D eigenvalue weighted by Crippen LogP contribution is 2.19. The van der Waals surface area contributed by atoms with Gasteiger partial charge in [-0.2, -0.15) is 0 Å². The third-order valence-corrected chi connectivity index (χ3v) is 3.66. The average Bonchev–Trinajstić information content (AvgIpc) is 2.85. The number of nitrogens with one attached hydrogen (secondary N) is 1. The van der Waals surface area contributed by atoms with Gasteiger partial charge in [-0.25, -0.2) is 0 Å². The molecule has 17 heavy (non-hydrogen) atoms. The monoisotopic (exact) mass is 243 g/mol. The molecule has 3 unspecified atom stereocenters. The van der Waals surface area contributed by atoms with Gasteiger partial charge in [0.25, 0.3) is 0 Å². The molecule has 3 atom stereocenters. The summed E-state index contributed by atoms with van der Waals surface area (Å²) in [5.41, 5.74) is 0. The summed E-state index contributed by atoms with van der Waals surface area (Å²) in [5, 5.41) is 3.58. The highest BCUT2D eigenvalue weighted by molar-refractivity contribution is 4.75. The number of hydrogen-bond acceptors (Lipinski definition) is 3. The molecule has 0 radical (unpaired) electrons. The Morgan fingerprint density at radius 2 is 2.29 bits per heavy atom. The summed E-state index contributed by atoms with van der Waals surface area (Å²) in [6, 6.07) is 0.487. The molecule has 3 heteroatoms. The molecule has 0 aromatic heterocycles. The molecule has 0 bridgehead atoms. The molecule has 0 amide bonds. The minimum Gasteiger partial charge on any atom is -0.380 e. The fraction of sp³-hybridized carbons (Fsp3) is 1.00. The smallest absolute Gasteiger partial charge is 0.0696 e. The molecule has 1 saturated heterocycles. The second kappa shape index (κ2) is 8.90. The summed E-state index contributed by atoms with van der Waals surface area (Å²) >= 11 is 0. The van der Waals surface area contributed by atoms with Crippen molar-refractivity contribution in [3.63, 3.8) is 0 Å². The molecule has 1 heterocycles. The van der Waals surface area contributed by atoms with Gasteiger partial charge in [0.15, 0.2) is 0 Å². The molecule has 1 fully saturated rings. The van der Waals surface area contributed by atoms with E-state index in [9.17, 15) is 0 Å². The lowest BCUT2D eigenvalue weighted by molar-refractivity contribution is 0.0728. The Bertz CT molecular complexity index is 181. The molecule has 0 aliphatic carbocycles. The Kier molecular flexibility index (Phi) is 7.82. The number of ether oxygens (including phenoxy) is 2. The van der Waals surface area contributed by atoms with Crippen molar-refractivity contribution in [3.05, 3.63) is 0 Å². The van der Waals surface area contributed by atoms with Gasteiger partial charge in [-0.15, -0.1) is 0 Å². The molecule has 0 saturated carbocycles. The molecular weight excluding hydrogens is 214 g/mol. The van der Waals surface area contributed by atoms with Crippen LogP contribution in [0.5, 0.6) is 0 Å². The van der Waals surface area contributed by atoms with Crippen LogP contribution >= 0.6 is 0 Å². The molecule has 1 aliphatic heterocycles. The minimum absolute atomic E-state index is 0.297. The van der Waals surface area contributed by atoms with Crippen LogP contribution in [0, 0.1) is 0 Å². The van der Waals surface area contributed by atoms with E-state index < -0.39 is 0 Å². The zero-order chi connectivity index (χ0) is 12.5. The first-order chi connectivity index (χ1) is 8.27. The molecule has 3 nitrogen and oxygen atoms in total. The first kappa shape index (κ1) is 14.9. The molecule has 1 rings (SSSR count). The molecule has 0 aromatic rings. The Morgan fingerprint density at radius 3 is 2.88 bits per heavy atom. The second-order valence-electron chi connectivity index (χ2n) is 5.07. The zero-order valence-corrected chi connectivity index (χ0v) is 11.7. The van der Waals surface area contributed by atoms with Crippen molar-refractivity contribution in [2.45, 2.75) is 70.6 Å². The SMILES string of the molecule is CCCNC(CCCC1CCCO1)C(C)OC. The van der Waals surface area contributed by atoms with Crippen molar-refractivity contribution in [1.29, 1.82) is 0 Å². The van der Waals surface area contributed by atoms with Crippen molar-refractivity contribution >= 4 is 0 Å².